The van der Waals surface area contributed by atoms with Crippen LogP contribution in [0.5, 0.6) is 0 Å². The van der Waals surface area contributed by atoms with Crippen molar-refractivity contribution in [2.75, 3.05) is 26.2 Å². The molecule has 0 unspecified atom stereocenters. The van der Waals surface area contributed by atoms with E-state index in [0.29, 0.717) is 63.0 Å². The SMILES string of the molecule is C=C=CCn1ccc2c(=O)n(CC3(O)CCN(C(=O)[C@@H]4CCN(C(=O)OC(C)(C)C)C[C@H]4c4ccccc4)CC3)cnc21. The normalized spacial score (nSPS) is 20.5. The van der Waals surface area contributed by atoms with Gasteiger partial charge >= 0.3 is 6.09 Å². The van der Waals surface area contributed by atoms with Crippen LogP contribution in [0, 0.1) is 5.92 Å². The lowest BCUT2D eigenvalue weighted by Crippen LogP contribution is -2.53. The topological polar surface area (TPSA) is 110 Å². The van der Waals surface area contributed by atoms with E-state index in [1.165, 1.54) is 10.9 Å². The van der Waals surface area contributed by atoms with Crippen molar-refractivity contribution < 1.29 is 19.4 Å². The highest BCUT2D eigenvalue weighted by molar-refractivity contribution is 5.81. The van der Waals surface area contributed by atoms with Gasteiger partial charge in [0.25, 0.3) is 5.56 Å². The van der Waals surface area contributed by atoms with E-state index >= 15 is 0 Å². The Morgan fingerprint density at radius 2 is 1.84 bits per heavy atom. The highest BCUT2D eigenvalue weighted by Crippen LogP contribution is 2.36. The molecule has 2 aromatic heterocycles. The third kappa shape index (κ3) is 6.76. The second-order valence-electron chi connectivity index (χ2n) is 12.7. The van der Waals surface area contributed by atoms with Gasteiger partial charge in [-0.25, -0.2) is 9.78 Å². The molecule has 2 aliphatic rings. The fraction of sp³-hybridized carbons (Fsp3) is 0.485. The van der Waals surface area contributed by atoms with Crippen molar-refractivity contribution >= 4 is 23.0 Å². The molecule has 228 valence electrons. The zero-order valence-electron chi connectivity index (χ0n) is 25.2. The summed E-state index contributed by atoms with van der Waals surface area (Å²) in [7, 11) is 0. The van der Waals surface area contributed by atoms with Gasteiger partial charge in [0.2, 0.25) is 5.91 Å². The van der Waals surface area contributed by atoms with Crippen molar-refractivity contribution in [3.63, 3.8) is 0 Å². The number of piperidine rings is 2. The number of rotatable bonds is 6. The molecule has 10 nitrogen and oxygen atoms in total. The maximum atomic E-state index is 13.9. The summed E-state index contributed by atoms with van der Waals surface area (Å²) in [6, 6.07) is 11.6. The molecule has 4 heterocycles. The van der Waals surface area contributed by atoms with E-state index in [1.54, 1.807) is 23.2 Å². The average Bonchev–Trinajstić information content (AvgIpc) is 3.40. The van der Waals surface area contributed by atoms with Gasteiger partial charge in [-0.15, -0.1) is 5.73 Å². The molecular formula is C33H41N5O5. The molecule has 0 spiro atoms. The molecule has 0 saturated carbocycles. The number of carbonyl (C=O) groups is 2. The number of fused-ring (bicyclic) bond motifs is 1. The Labute approximate surface area is 251 Å². The molecule has 10 heteroatoms. The molecule has 0 aliphatic carbocycles. The molecule has 1 aromatic carbocycles. The number of ether oxygens (including phenoxy) is 1. The third-order valence-electron chi connectivity index (χ3n) is 8.46. The molecule has 1 N–H and O–H groups in total. The van der Waals surface area contributed by atoms with Crippen LogP contribution in [-0.4, -0.2) is 78.4 Å². The zero-order valence-corrected chi connectivity index (χ0v) is 25.2. The van der Waals surface area contributed by atoms with Gasteiger partial charge in [-0.2, -0.15) is 0 Å². The Bertz CT molecular complexity index is 1570. The molecule has 5 rings (SSSR count). The predicted molar refractivity (Wildman–Crippen MR) is 164 cm³/mol. The van der Waals surface area contributed by atoms with Crippen molar-refractivity contribution in [1.29, 1.82) is 0 Å². The largest absolute Gasteiger partial charge is 0.444 e. The molecule has 2 fully saturated rings. The minimum absolute atomic E-state index is 0.0370. The van der Waals surface area contributed by atoms with E-state index in [1.807, 2.05) is 60.6 Å². The molecule has 0 bridgehead atoms. The van der Waals surface area contributed by atoms with Gasteiger partial charge in [-0.05, 0) is 57.7 Å². The molecule has 0 radical (unpaired) electrons. The number of benzene rings is 1. The summed E-state index contributed by atoms with van der Waals surface area (Å²) in [5.41, 5.74) is 2.37. The number of amides is 2. The van der Waals surface area contributed by atoms with Crippen LogP contribution in [0.1, 0.15) is 51.5 Å². The summed E-state index contributed by atoms with van der Waals surface area (Å²) in [4.78, 5) is 48.0. The van der Waals surface area contributed by atoms with Gasteiger partial charge < -0.3 is 24.2 Å². The summed E-state index contributed by atoms with van der Waals surface area (Å²) in [5, 5.41) is 11.9. The fourth-order valence-corrected chi connectivity index (χ4v) is 6.16. The molecule has 2 aliphatic heterocycles. The molecule has 2 saturated heterocycles. The number of allylic oxidation sites excluding steroid dienone is 1. The Morgan fingerprint density at radius 1 is 1.12 bits per heavy atom. The first kappa shape index (κ1) is 30.3. The number of aromatic nitrogens is 3. The smallest absolute Gasteiger partial charge is 0.410 e. The lowest BCUT2D eigenvalue weighted by Gasteiger charge is -2.43. The fourth-order valence-electron chi connectivity index (χ4n) is 6.16. The second-order valence-corrected chi connectivity index (χ2v) is 12.7. The van der Waals surface area contributed by atoms with Crippen molar-refractivity contribution in [3.8, 4) is 0 Å². The number of nitrogens with zero attached hydrogens (tertiary/aromatic N) is 5. The molecule has 43 heavy (non-hydrogen) atoms. The van der Waals surface area contributed by atoms with Crippen molar-refractivity contribution in [2.45, 2.75) is 70.2 Å². The van der Waals surface area contributed by atoms with Gasteiger partial charge in [0.1, 0.15) is 17.6 Å². The van der Waals surface area contributed by atoms with Crippen LogP contribution in [0.4, 0.5) is 4.79 Å². The van der Waals surface area contributed by atoms with E-state index < -0.39 is 11.2 Å². The maximum absolute atomic E-state index is 13.9. The number of likely N-dealkylation sites (tertiary alicyclic amines) is 2. The molecular weight excluding hydrogens is 546 g/mol. The number of hydrogen-bond donors (Lipinski definition) is 1. The van der Waals surface area contributed by atoms with Crippen LogP contribution in [0.3, 0.4) is 0 Å². The Kier molecular flexibility index (Phi) is 8.62. The Balaban J connectivity index is 1.26. The second kappa shape index (κ2) is 12.2. The predicted octanol–water partition coefficient (Wildman–Crippen LogP) is 3.93. The zero-order chi connectivity index (χ0) is 30.8. The van der Waals surface area contributed by atoms with Crippen LogP contribution in [0.15, 0.2) is 72.1 Å². The minimum atomic E-state index is -1.14. The lowest BCUT2D eigenvalue weighted by molar-refractivity contribution is -0.142. The standard InChI is InChI=1S/C33H41N5O5/c1-5-6-16-35-17-13-26-28(35)34-23-38(30(26)40)22-33(42)14-19-36(20-15-33)29(39)25-12-18-37(31(41)43-32(2,3)4)21-27(25)24-10-8-7-9-11-24/h6-11,13,17,23,25,27,42H,1,12,14-16,18-22H2,2-4H3/t25-,27+/m1/s1. The summed E-state index contributed by atoms with van der Waals surface area (Å²) in [5.74, 6) is -0.419. The quantitative estimate of drug-likeness (QED) is 0.438. The number of aliphatic hydroxyl groups is 1. The van der Waals surface area contributed by atoms with Crippen molar-refractivity contribution in [1.82, 2.24) is 23.9 Å². The summed E-state index contributed by atoms with van der Waals surface area (Å²) in [6.45, 7) is 11.3. The van der Waals surface area contributed by atoms with E-state index in [4.69, 9.17) is 4.74 Å². The van der Waals surface area contributed by atoms with Gasteiger partial charge in [0.15, 0.2) is 0 Å². The van der Waals surface area contributed by atoms with E-state index in [-0.39, 0.29) is 35.9 Å². The van der Waals surface area contributed by atoms with Gasteiger partial charge in [0.05, 0.1) is 17.5 Å². The molecule has 3 aromatic rings. The first-order valence-electron chi connectivity index (χ1n) is 14.9. The van der Waals surface area contributed by atoms with E-state index in [2.05, 4.69) is 17.3 Å². The molecule has 2 amide bonds. The van der Waals surface area contributed by atoms with Crippen molar-refractivity contribution in [3.05, 3.63) is 83.2 Å². The third-order valence-corrected chi connectivity index (χ3v) is 8.46. The van der Waals surface area contributed by atoms with Crippen molar-refractivity contribution in [2.24, 2.45) is 5.92 Å². The summed E-state index contributed by atoms with van der Waals surface area (Å²) < 4.78 is 8.93. The first-order chi connectivity index (χ1) is 20.5. The van der Waals surface area contributed by atoms with Gasteiger partial charge in [0, 0.05) is 50.8 Å². The first-order valence-corrected chi connectivity index (χ1v) is 14.9. The van der Waals surface area contributed by atoms with E-state index in [9.17, 15) is 19.5 Å². The Hall–Kier alpha value is -4.14. The van der Waals surface area contributed by atoms with Crippen LogP contribution < -0.4 is 5.56 Å². The number of hydrogen-bond acceptors (Lipinski definition) is 6. The van der Waals surface area contributed by atoms with Crippen LogP contribution >= 0.6 is 0 Å². The van der Waals surface area contributed by atoms with E-state index in [0.717, 1.165) is 5.56 Å². The lowest BCUT2D eigenvalue weighted by atomic mass is 9.79. The van der Waals surface area contributed by atoms with Gasteiger partial charge in [-0.1, -0.05) is 36.9 Å². The summed E-state index contributed by atoms with van der Waals surface area (Å²) >= 11 is 0. The average molecular weight is 588 g/mol. The van der Waals surface area contributed by atoms with Gasteiger partial charge in [-0.3, -0.25) is 14.2 Å². The number of carbonyl (C=O) groups excluding carboxylic acids is 2. The maximum Gasteiger partial charge on any atom is 0.410 e. The van der Waals surface area contributed by atoms with Crippen LogP contribution in [0.2, 0.25) is 0 Å². The highest BCUT2D eigenvalue weighted by Gasteiger charge is 2.42. The molecule has 2 atom stereocenters. The monoisotopic (exact) mass is 587 g/mol. The summed E-state index contributed by atoms with van der Waals surface area (Å²) in [6.07, 6.45) is 5.91. The van der Waals surface area contributed by atoms with Crippen LogP contribution in [0.25, 0.3) is 11.0 Å². The minimum Gasteiger partial charge on any atom is -0.444 e. The highest BCUT2D eigenvalue weighted by atomic mass is 16.6. The Morgan fingerprint density at radius 3 is 2.51 bits per heavy atom. The van der Waals surface area contributed by atoms with Crippen LogP contribution in [-0.2, 0) is 22.6 Å².